The summed E-state index contributed by atoms with van der Waals surface area (Å²) < 4.78 is 11.1. The highest BCUT2D eigenvalue weighted by Crippen LogP contribution is 2.39. The number of rotatable bonds is 3. The maximum absolute atomic E-state index is 6.34. The first-order valence-electron chi connectivity index (χ1n) is 6.97. The molecule has 1 N–H and O–H groups in total. The summed E-state index contributed by atoms with van der Waals surface area (Å²) >= 11 is 8.16. The highest BCUT2D eigenvalue weighted by Gasteiger charge is 2.17. The molecule has 3 rings (SSSR count). The zero-order valence-corrected chi connectivity index (χ0v) is 13.9. The lowest BCUT2D eigenvalue weighted by Gasteiger charge is -2.22. The molecule has 0 fully saturated rings. The van der Waals surface area contributed by atoms with Crippen LogP contribution in [0.2, 0.25) is 5.02 Å². The normalized spacial score (nSPS) is 14.9. The van der Waals surface area contributed by atoms with Crippen molar-refractivity contribution in [3.8, 4) is 11.5 Å². The third-order valence-electron chi connectivity index (χ3n) is 3.55. The summed E-state index contributed by atoms with van der Waals surface area (Å²) in [7, 11) is 0. The van der Waals surface area contributed by atoms with E-state index in [1.165, 1.54) is 15.3 Å². The van der Waals surface area contributed by atoms with Gasteiger partial charge in [-0.15, -0.1) is 11.3 Å². The number of halogens is 1. The third-order valence-corrected chi connectivity index (χ3v) is 4.84. The second-order valence-electron chi connectivity index (χ2n) is 5.21. The van der Waals surface area contributed by atoms with Gasteiger partial charge in [-0.3, -0.25) is 0 Å². The molecule has 1 aliphatic rings. The van der Waals surface area contributed by atoms with Crippen LogP contribution in [0, 0.1) is 13.8 Å². The number of ether oxygens (including phenoxy) is 2. The van der Waals surface area contributed by atoms with E-state index < -0.39 is 0 Å². The van der Waals surface area contributed by atoms with E-state index in [1.54, 1.807) is 0 Å². The molecule has 3 nitrogen and oxygen atoms in total. The molecule has 0 saturated carbocycles. The quantitative estimate of drug-likeness (QED) is 0.865. The van der Waals surface area contributed by atoms with Gasteiger partial charge in [0, 0.05) is 27.9 Å². The van der Waals surface area contributed by atoms with Crippen LogP contribution in [0.5, 0.6) is 11.5 Å². The van der Waals surface area contributed by atoms with Crippen molar-refractivity contribution in [2.24, 2.45) is 0 Å². The summed E-state index contributed by atoms with van der Waals surface area (Å²) in [6, 6.07) is 6.15. The van der Waals surface area contributed by atoms with E-state index in [0.717, 1.165) is 11.4 Å². The predicted molar refractivity (Wildman–Crippen MR) is 88.3 cm³/mol. The van der Waals surface area contributed by atoms with E-state index >= 15 is 0 Å². The summed E-state index contributed by atoms with van der Waals surface area (Å²) in [4.78, 5) is 2.66. The molecule has 21 heavy (non-hydrogen) atoms. The number of hydrogen-bond acceptors (Lipinski definition) is 4. The monoisotopic (exact) mass is 323 g/mol. The summed E-state index contributed by atoms with van der Waals surface area (Å²) in [6.45, 7) is 7.56. The number of anilines is 1. The van der Waals surface area contributed by atoms with Crippen molar-refractivity contribution in [2.45, 2.75) is 26.8 Å². The molecular weight excluding hydrogens is 306 g/mol. The minimum Gasteiger partial charge on any atom is -0.486 e. The van der Waals surface area contributed by atoms with Crippen LogP contribution in [0.4, 0.5) is 5.69 Å². The average molecular weight is 324 g/mol. The largest absolute Gasteiger partial charge is 0.486 e. The Balaban J connectivity index is 1.86. The molecule has 0 amide bonds. The molecule has 5 heteroatoms. The van der Waals surface area contributed by atoms with Gasteiger partial charge in [-0.25, -0.2) is 0 Å². The van der Waals surface area contributed by atoms with Gasteiger partial charge in [-0.2, -0.15) is 0 Å². The minimum absolute atomic E-state index is 0.190. The maximum Gasteiger partial charge on any atom is 0.163 e. The molecule has 0 saturated heterocycles. The Morgan fingerprint density at radius 1 is 1.14 bits per heavy atom. The van der Waals surface area contributed by atoms with Crippen LogP contribution in [-0.4, -0.2) is 13.2 Å². The molecule has 2 aromatic rings. The molecule has 1 atom stereocenters. The summed E-state index contributed by atoms with van der Waals surface area (Å²) in [5, 5.41) is 4.12. The van der Waals surface area contributed by atoms with Crippen LogP contribution in [0.15, 0.2) is 18.2 Å². The zero-order chi connectivity index (χ0) is 15.0. The van der Waals surface area contributed by atoms with Crippen LogP contribution in [0.3, 0.4) is 0 Å². The molecule has 112 valence electrons. The van der Waals surface area contributed by atoms with Crippen molar-refractivity contribution in [2.75, 3.05) is 18.5 Å². The first-order valence-corrected chi connectivity index (χ1v) is 8.16. The lowest BCUT2D eigenvalue weighted by Crippen LogP contribution is -2.16. The average Bonchev–Trinajstić information content (AvgIpc) is 2.78. The van der Waals surface area contributed by atoms with Crippen molar-refractivity contribution in [3.63, 3.8) is 0 Å². The van der Waals surface area contributed by atoms with Crippen LogP contribution >= 0.6 is 22.9 Å². The Morgan fingerprint density at radius 3 is 2.43 bits per heavy atom. The van der Waals surface area contributed by atoms with Crippen LogP contribution in [-0.2, 0) is 0 Å². The van der Waals surface area contributed by atoms with Crippen molar-refractivity contribution < 1.29 is 9.47 Å². The fourth-order valence-electron chi connectivity index (χ4n) is 2.57. The van der Waals surface area contributed by atoms with Gasteiger partial charge in [0.1, 0.15) is 13.2 Å². The molecule has 1 aromatic carbocycles. The van der Waals surface area contributed by atoms with Gasteiger partial charge in [0.25, 0.3) is 0 Å². The molecule has 1 aliphatic heterocycles. The van der Waals surface area contributed by atoms with Gasteiger partial charge < -0.3 is 14.8 Å². The van der Waals surface area contributed by atoms with Gasteiger partial charge >= 0.3 is 0 Å². The van der Waals surface area contributed by atoms with Crippen LogP contribution in [0.25, 0.3) is 0 Å². The molecule has 0 radical (unpaired) electrons. The molecule has 1 unspecified atom stereocenters. The van der Waals surface area contributed by atoms with Crippen molar-refractivity contribution in [1.29, 1.82) is 0 Å². The predicted octanol–water partition coefficient (Wildman–Crippen LogP) is 4.96. The Morgan fingerprint density at radius 2 is 1.81 bits per heavy atom. The van der Waals surface area contributed by atoms with Crippen molar-refractivity contribution in [3.05, 3.63) is 38.5 Å². The number of hydrogen-bond donors (Lipinski definition) is 1. The first kappa shape index (κ1) is 14.5. The molecule has 1 aromatic heterocycles. The smallest absolute Gasteiger partial charge is 0.163 e. The zero-order valence-electron chi connectivity index (χ0n) is 12.3. The van der Waals surface area contributed by atoms with Crippen molar-refractivity contribution in [1.82, 2.24) is 0 Å². The summed E-state index contributed by atoms with van der Waals surface area (Å²) in [5.74, 6) is 1.46. The van der Waals surface area contributed by atoms with Gasteiger partial charge in [0.05, 0.1) is 10.7 Å². The van der Waals surface area contributed by atoms with Gasteiger partial charge in [0.15, 0.2) is 11.5 Å². The number of aryl methyl sites for hydroxylation is 2. The highest BCUT2D eigenvalue weighted by atomic mass is 35.5. The standard InChI is InChI=1S/C16H18ClNO2S/c1-9-6-12(11(3)21-9)10(2)18-14-8-16-15(7-13(14)17)19-4-5-20-16/h6-8,10,18H,4-5H2,1-3H3. The highest BCUT2D eigenvalue weighted by molar-refractivity contribution is 7.12. The number of nitrogens with one attached hydrogen (secondary N) is 1. The number of benzene rings is 1. The third kappa shape index (κ3) is 2.97. The second kappa shape index (κ2) is 5.78. The van der Waals surface area contributed by atoms with Crippen LogP contribution < -0.4 is 14.8 Å². The lowest BCUT2D eigenvalue weighted by atomic mass is 10.1. The van der Waals surface area contributed by atoms with E-state index in [9.17, 15) is 0 Å². The topological polar surface area (TPSA) is 30.5 Å². The Hall–Kier alpha value is -1.39. The Labute approximate surface area is 133 Å². The van der Waals surface area contributed by atoms with E-state index in [1.807, 2.05) is 23.5 Å². The lowest BCUT2D eigenvalue weighted by molar-refractivity contribution is 0.171. The fourth-order valence-corrected chi connectivity index (χ4v) is 3.80. The van der Waals surface area contributed by atoms with Gasteiger partial charge in [-0.05, 0) is 32.4 Å². The summed E-state index contributed by atoms with van der Waals surface area (Å²) in [6.07, 6.45) is 0. The van der Waals surface area contributed by atoms with Crippen LogP contribution in [0.1, 0.15) is 28.3 Å². The SMILES string of the molecule is Cc1cc(C(C)Nc2cc3c(cc2Cl)OCCO3)c(C)s1. The molecule has 0 spiro atoms. The maximum atomic E-state index is 6.34. The molecule has 2 heterocycles. The van der Waals surface area contributed by atoms with E-state index in [4.69, 9.17) is 21.1 Å². The summed E-state index contributed by atoms with van der Waals surface area (Å²) in [5.41, 5.74) is 2.18. The van der Waals surface area contributed by atoms with Gasteiger partial charge in [0.2, 0.25) is 0 Å². The van der Waals surface area contributed by atoms with E-state index in [2.05, 4.69) is 32.2 Å². The van der Waals surface area contributed by atoms with Gasteiger partial charge in [-0.1, -0.05) is 11.6 Å². The van der Waals surface area contributed by atoms with E-state index in [0.29, 0.717) is 24.0 Å². The Kier molecular flexibility index (Phi) is 4.00. The fraction of sp³-hybridized carbons (Fsp3) is 0.375. The minimum atomic E-state index is 0.190. The Bertz CT molecular complexity index is 669. The molecule has 0 aliphatic carbocycles. The number of fused-ring (bicyclic) bond motifs is 1. The molecular formula is C16H18ClNO2S. The first-order chi connectivity index (χ1) is 10.0. The van der Waals surface area contributed by atoms with E-state index in [-0.39, 0.29) is 6.04 Å². The molecule has 0 bridgehead atoms. The second-order valence-corrected chi connectivity index (χ2v) is 7.08. The van der Waals surface area contributed by atoms with Crippen molar-refractivity contribution >= 4 is 28.6 Å². The number of thiophene rings is 1.